The lowest BCUT2D eigenvalue weighted by atomic mass is 10.3. The number of hydrogen-bond donors (Lipinski definition) is 1. The molecule has 0 fully saturated rings. The van der Waals surface area contributed by atoms with Crippen LogP contribution in [-0.2, 0) is 4.79 Å². The Morgan fingerprint density at radius 1 is 1.19 bits per heavy atom. The van der Waals surface area contributed by atoms with E-state index in [0.717, 1.165) is 5.03 Å². The molecule has 0 spiro atoms. The van der Waals surface area contributed by atoms with Crippen LogP contribution in [0.1, 0.15) is 6.92 Å². The summed E-state index contributed by atoms with van der Waals surface area (Å²) in [4.78, 5) is 16.3. The quantitative estimate of drug-likeness (QED) is 0.765. The van der Waals surface area contributed by atoms with E-state index in [4.69, 9.17) is 34.8 Å². The summed E-state index contributed by atoms with van der Waals surface area (Å²) in [5.74, 6) is -0.180. The maximum absolute atomic E-state index is 12.2. The van der Waals surface area contributed by atoms with Gasteiger partial charge in [-0.1, -0.05) is 46.6 Å². The van der Waals surface area contributed by atoms with Crippen LogP contribution in [0.2, 0.25) is 15.1 Å². The molecule has 2 rings (SSSR count). The zero-order valence-electron chi connectivity index (χ0n) is 10.9. The summed E-state index contributed by atoms with van der Waals surface area (Å²) in [6.45, 7) is 1.79. The third-order valence-corrected chi connectivity index (χ3v) is 4.39. The minimum absolute atomic E-state index is 0.180. The van der Waals surface area contributed by atoms with E-state index in [9.17, 15) is 4.79 Å². The van der Waals surface area contributed by atoms with Crippen molar-refractivity contribution in [3.63, 3.8) is 0 Å². The molecule has 1 atom stereocenters. The van der Waals surface area contributed by atoms with Crippen LogP contribution in [0, 0.1) is 0 Å². The Hall–Kier alpha value is -0.940. The van der Waals surface area contributed by atoms with Gasteiger partial charge in [0, 0.05) is 11.2 Å². The molecule has 1 amide bonds. The predicted molar refractivity (Wildman–Crippen MR) is 89.7 cm³/mol. The monoisotopic (exact) mass is 360 g/mol. The van der Waals surface area contributed by atoms with Gasteiger partial charge in [0.1, 0.15) is 0 Å². The van der Waals surface area contributed by atoms with Gasteiger partial charge in [0.15, 0.2) is 0 Å². The van der Waals surface area contributed by atoms with Gasteiger partial charge in [-0.25, -0.2) is 4.98 Å². The van der Waals surface area contributed by atoms with E-state index < -0.39 is 0 Å². The molecule has 21 heavy (non-hydrogen) atoms. The second-order valence-electron chi connectivity index (χ2n) is 4.19. The molecule has 1 aromatic heterocycles. The van der Waals surface area contributed by atoms with Crippen LogP contribution in [0.15, 0.2) is 41.6 Å². The molecule has 0 saturated carbocycles. The van der Waals surface area contributed by atoms with Gasteiger partial charge in [-0.15, -0.1) is 0 Å². The number of nitrogens with one attached hydrogen (secondary N) is 1. The van der Waals surface area contributed by atoms with Crippen LogP contribution in [0.3, 0.4) is 0 Å². The lowest BCUT2D eigenvalue weighted by Gasteiger charge is -2.12. The minimum Gasteiger partial charge on any atom is -0.324 e. The highest BCUT2D eigenvalue weighted by molar-refractivity contribution is 8.00. The Morgan fingerprint density at radius 2 is 1.90 bits per heavy atom. The highest BCUT2D eigenvalue weighted by Crippen LogP contribution is 2.27. The Labute approximate surface area is 142 Å². The highest BCUT2D eigenvalue weighted by atomic mass is 35.5. The van der Waals surface area contributed by atoms with Crippen molar-refractivity contribution in [3.8, 4) is 0 Å². The molecule has 2 aromatic rings. The van der Waals surface area contributed by atoms with Crippen LogP contribution >= 0.6 is 46.6 Å². The number of anilines is 1. The molecule has 1 unspecified atom stereocenters. The zero-order valence-corrected chi connectivity index (χ0v) is 14.0. The number of pyridine rings is 1. The van der Waals surface area contributed by atoms with Gasteiger partial charge in [0.05, 0.1) is 26.0 Å². The Kier molecular flexibility index (Phi) is 5.76. The first-order valence-corrected chi connectivity index (χ1v) is 8.01. The topological polar surface area (TPSA) is 42.0 Å². The van der Waals surface area contributed by atoms with Crippen LogP contribution in [0.4, 0.5) is 5.69 Å². The van der Waals surface area contributed by atoms with Gasteiger partial charge in [-0.3, -0.25) is 4.79 Å². The van der Waals surface area contributed by atoms with Crippen molar-refractivity contribution < 1.29 is 4.79 Å². The summed E-state index contributed by atoms with van der Waals surface area (Å²) in [7, 11) is 0. The van der Waals surface area contributed by atoms with E-state index in [1.54, 1.807) is 43.5 Å². The van der Waals surface area contributed by atoms with E-state index in [1.165, 1.54) is 11.8 Å². The third-order valence-electron chi connectivity index (χ3n) is 2.55. The van der Waals surface area contributed by atoms with Gasteiger partial charge >= 0.3 is 0 Å². The van der Waals surface area contributed by atoms with Gasteiger partial charge in [0.2, 0.25) is 5.91 Å². The number of carbonyl (C=O) groups excluding carboxylic acids is 1. The Bertz CT molecular complexity index is 649. The molecule has 0 aliphatic heterocycles. The average Bonchev–Trinajstić information content (AvgIpc) is 2.45. The van der Waals surface area contributed by atoms with Crippen LogP contribution in [0.5, 0.6) is 0 Å². The van der Waals surface area contributed by atoms with Crippen LogP contribution in [0.25, 0.3) is 0 Å². The normalized spacial score (nSPS) is 12.0. The van der Waals surface area contributed by atoms with E-state index in [2.05, 4.69) is 10.3 Å². The first-order valence-electron chi connectivity index (χ1n) is 6.00. The molecule has 0 saturated heterocycles. The second kappa shape index (κ2) is 7.36. The maximum Gasteiger partial charge on any atom is 0.237 e. The molecule has 0 aliphatic carbocycles. The van der Waals surface area contributed by atoms with Gasteiger partial charge < -0.3 is 5.32 Å². The van der Waals surface area contributed by atoms with E-state index in [-0.39, 0.29) is 11.2 Å². The first-order chi connectivity index (χ1) is 9.95. The summed E-state index contributed by atoms with van der Waals surface area (Å²) < 4.78 is 0. The fourth-order valence-electron chi connectivity index (χ4n) is 1.49. The van der Waals surface area contributed by atoms with E-state index in [0.29, 0.717) is 20.8 Å². The fraction of sp³-hybridized carbons (Fsp3) is 0.143. The molecule has 0 bridgehead atoms. The van der Waals surface area contributed by atoms with Gasteiger partial charge in [-0.2, -0.15) is 0 Å². The summed E-state index contributed by atoms with van der Waals surface area (Å²) in [6.07, 6.45) is 1.54. The van der Waals surface area contributed by atoms with Gasteiger partial charge in [0.25, 0.3) is 0 Å². The summed E-state index contributed by atoms with van der Waals surface area (Å²) in [6, 6.07) is 8.41. The van der Waals surface area contributed by atoms with Crippen molar-refractivity contribution in [1.29, 1.82) is 0 Å². The van der Waals surface area contributed by atoms with Crippen molar-refractivity contribution in [3.05, 3.63) is 51.6 Å². The Morgan fingerprint density at radius 3 is 2.57 bits per heavy atom. The van der Waals surface area contributed by atoms with Crippen molar-refractivity contribution in [2.24, 2.45) is 0 Å². The van der Waals surface area contributed by atoms with Crippen molar-refractivity contribution in [1.82, 2.24) is 4.98 Å². The number of benzene rings is 1. The largest absolute Gasteiger partial charge is 0.324 e. The van der Waals surface area contributed by atoms with Gasteiger partial charge in [-0.05, 0) is 37.3 Å². The third kappa shape index (κ3) is 4.78. The number of aromatic nitrogens is 1. The van der Waals surface area contributed by atoms with Crippen molar-refractivity contribution >= 4 is 58.2 Å². The number of hydrogen-bond acceptors (Lipinski definition) is 3. The number of rotatable bonds is 4. The highest BCUT2D eigenvalue weighted by Gasteiger charge is 2.16. The molecular weight excluding hydrogens is 351 g/mol. The molecular formula is C14H11Cl3N2OS. The number of carbonyl (C=O) groups is 1. The molecule has 1 aromatic carbocycles. The lowest BCUT2D eigenvalue weighted by Crippen LogP contribution is -2.22. The van der Waals surface area contributed by atoms with E-state index in [1.807, 2.05) is 0 Å². The summed E-state index contributed by atoms with van der Waals surface area (Å²) in [5.41, 5.74) is 0.491. The minimum atomic E-state index is -0.339. The standard InChI is InChI=1S/C14H11Cl3N2OS/c1-8(21-13-5-3-10(16)7-18-13)14(20)19-12-6-9(15)2-4-11(12)17/h2-8H,1H3,(H,19,20). The van der Waals surface area contributed by atoms with E-state index >= 15 is 0 Å². The smallest absolute Gasteiger partial charge is 0.237 e. The molecule has 110 valence electrons. The van der Waals surface area contributed by atoms with Crippen LogP contribution < -0.4 is 5.32 Å². The molecule has 1 heterocycles. The number of thioether (sulfide) groups is 1. The van der Waals surface area contributed by atoms with Crippen LogP contribution in [-0.4, -0.2) is 16.1 Å². The summed E-state index contributed by atoms with van der Waals surface area (Å²) >= 11 is 19.0. The first kappa shape index (κ1) is 16.4. The lowest BCUT2D eigenvalue weighted by molar-refractivity contribution is -0.115. The molecule has 0 aliphatic rings. The number of nitrogens with zero attached hydrogens (tertiary/aromatic N) is 1. The number of amides is 1. The summed E-state index contributed by atoms with van der Waals surface area (Å²) in [5, 5.41) is 4.64. The van der Waals surface area contributed by atoms with Crippen molar-refractivity contribution in [2.45, 2.75) is 17.2 Å². The fourth-order valence-corrected chi connectivity index (χ4v) is 2.73. The second-order valence-corrected chi connectivity index (χ2v) is 6.83. The average molecular weight is 362 g/mol. The molecule has 3 nitrogen and oxygen atoms in total. The predicted octanol–water partition coefficient (Wildman–Crippen LogP) is 5.16. The zero-order chi connectivity index (χ0) is 15.4. The number of halogens is 3. The molecule has 0 radical (unpaired) electrons. The maximum atomic E-state index is 12.2. The SMILES string of the molecule is CC(Sc1ccc(Cl)cn1)C(=O)Nc1cc(Cl)ccc1Cl. The molecule has 7 heteroatoms. The molecule has 1 N–H and O–H groups in total. The van der Waals surface area contributed by atoms with Crippen molar-refractivity contribution in [2.75, 3.05) is 5.32 Å². The Balaban J connectivity index is 2.02.